The van der Waals surface area contributed by atoms with E-state index in [-0.39, 0.29) is 12.4 Å². The van der Waals surface area contributed by atoms with Crippen molar-refractivity contribution in [2.75, 3.05) is 0 Å². The van der Waals surface area contributed by atoms with Gasteiger partial charge >= 0.3 is 0 Å². The quantitative estimate of drug-likeness (QED) is 0.835. The van der Waals surface area contributed by atoms with Gasteiger partial charge in [-0.1, -0.05) is 6.42 Å². The van der Waals surface area contributed by atoms with E-state index in [4.69, 9.17) is 5.11 Å². The second-order valence-corrected chi connectivity index (χ2v) is 6.43. The summed E-state index contributed by atoms with van der Waals surface area (Å²) in [4.78, 5) is 17.5. The van der Waals surface area contributed by atoms with Crippen LogP contribution in [-0.4, -0.2) is 15.9 Å². The highest BCUT2D eigenvalue weighted by molar-refractivity contribution is 7.13. The van der Waals surface area contributed by atoms with Crippen LogP contribution in [-0.2, 0) is 13.0 Å². The maximum atomic E-state index is 12.3. The summed E-state index contributed by atoms with van der Waals surface area (Å²) in [6.07, 6.45) is 7.58. The molecule has 17 heavy (non-hydrogen) atoms. The molecule has 1 N–H and O–H groups in total. The number of carbonyl (C=O) groups excluding carboxylic acids is 1. The number of aromatic nitrogens is 1. The Bertz CT molecular complexity index is 448. The van der Waals surface area contributed by atoms with Gasteiger partial charge in [0.15, 0.2) is 5.78 Å². The Balaban J connectivity index is 1.91. The van der Waals surface area contributed by atoms with Gasteiger partial charge in [-0.05, 0) is 37.5 Å². The highest BCUT2D eigenvalue weighted by Gasteiger charge is 2.44. The predicted octanol–water partition coefficient (Wildman–Crippen LogP) is 2.71. The predicted molar refractivity (Wildman–Crippen MR) is 66.2 cm³/mol. The Hall–Kier alpha value is -0.740. The van der Waals surface area contributed by atoms with Crippen LogP contribution >= 0.6 is 11.3 Å². The molecule has 1 saturated carbocycles. The van der Waals surface area contributed by atoms with E-state index in [9.17, 15) is 4.79 Å². The Kier molecular flexibility index (Phi) is 2.79. The molecule has 0 aromatic carbocycles. The maximum absolute atomic E-state index is 12.3. The summed E-state index contributed by atoms with van der Waals surface area (Å²) in [6.45, 7) is -0.0455. The van der Waals surface area contributed by atoms with Crippen molar-refractivity contribution in [3.05, 3.63) is 15.6 Å². The van der Waals surface area contributed by atoms with E-state index in [0.29, 0.717) is 16.8 Å². The van der Waals surface area contributed by atoms with Crippen molar-refractivity contribution in [1.82, 2.24) is 4.98 Å². The van der Waals surface area contributed by atoms with E-state index in [1.807, 2.05) is 0 Å². The second kappa shape index (κ2) is 4.18. The lowest BCUT2D eigenvalue weighted by molar-refractivity contribution is 0.0956. The van der Waals surface area contributed by atoms with Gasteiger partial charge in [0.2, 0.25) is 0 Å². The second-order valence-electron chi connectivity index (χ2n) is 5.35. The number of Topliss-reactive ketones (excluding diaryl/α,β-unsaturated/α-hetero) is 1. The summed E-state index contributed by atoms with van der Waals surface area (Å²) in [6, 6.07) is 0. The van der Waals surface area contributed by atoms with E-state index in [1.165, 1.54) is 37.0 Å². The van der Waals surface area contributed by atoms with Gasteiger partial charge in [0.05, 0.1) is 17.2 Å². The minimum atomic E-state index is -0.0455. The zero-order valence-electron chi connectivity index (χ0n) is 9.87. The summed E-state index contributed by atoms with van der Waals surface area (Å²) < 4.78 is 0. The Morgan fingerprint density at radius 2 is 2.12 bits per heavy atom. The molecule has 0 amide bonds. The van der Waals surface area contributed by atoms with Crippen LogP contribution in [0.4, 0.5) is 0 Å². The van der Waals surface area contributed by atoms with E-state index < -0.39 is 0 Å². The number of hydrogen-bond donors (Lipinski definition) is 1. The summed E-state index contributed by atoms with van der Waals surface area (Å²) in [5.41, 5.74) is 1.27. The number of ketones is 1. The fourth-order valence-electron chi connectivity index (χ4n) is 2.76. The molecule has 1 aromatic heterocycles. The Morgan fingerprint density at radius 1 is 1.29 bits per heavy atom. The molecule has 0 unspecified atom stereocenters. The van der Waals surface area contributed by atoms with Gasteiger partial charge in [0, 0.05) is 6.42 Å². The van der Waals surface area contributed by atoms with Crippen molar-refractivity contribution >= 4 is 17.1 Å². The van der Waals surface area contributed by atoms with Gasteiger partial charge in [0.1, 0.15) is 5.01 Å². The molecule has 2 aliphatic carbocycles. The van der Waals surface area contributed by atoms with Crippen LogP contribution in [0.2, 0.25) is 0 Å². The molecule has 3 rings (SSSR count). The van der Waals surface area contributed by atoms with Gasteiger partial charge in [-0.2, -0.15) is 0 Å². The van der Waals surface area contributed by atoms with Crippen molar-refractivity contribution in [1.29, 1.82) is 0 Å². The highest BCUT2D eigenvalue weighted by atomic mass is 32.1. The molecular weight excluding hydrogens is 234 g/mol. The van der Waals surface area contributed by atoms with Crippen molar-refractivity contribution in [2.24, 2.45) is 5.41 Å². The maximum Gasteiger partial charge on any atom is 0.175 e. The van der Waals surface area contributed by atoms with Gasteiger partial charge in [-0.3, -0.25) is 4.79 Å². The van der Waals surface area contributed by atoms with E-state index >= 15 is 0 Å². The third-order valence-corrected chi connectivity index (χ3v) is 5.12. The molecule has 0 radical (unpaired) electrons. The molecule has 4 heteroatoms. The standard InChI is InChI=1S/C13H17NO2S/c15-8-11-14-9-3-1-2-4-13(5-6-13)7-10(16)12(9)17-11/h15H,1-8H2. The average Bonchev–Trinajstić information content (AvgIpc) is 2.92. The van der Waals surface area contributed by atoms with Crippen molar-refractivity contribution in [3.63, 3.8) is 0 Å². The number of nitrogens with zero attached hydrogens (tertiary/aromatic N) is 1. The fourth-order valence-corrected chi connectivity index (χ4v) is 3.67. The van der Waals surface area contributed by atoms with Crippen LogP contribution in [0.5, 0.6) is 0 Å². The minimum Gasteiger partial charge on any atom is -0.389 e. The van der Waals surface area contributed by atoms with E-state index in [0.717, 1.165) is 23.4 Å². The third kappa shape index (κ3) is 2.16. The average molecular weight is 251 g/mol. The van der Waals surface area contributed by atoms with Crippen molar-refractivity contribution in [2.45, 2.75) is 51.6 Å². The summed E-state index contributed by atoms with van der Waals surface area (Å²) in [5.74, 6) is 0.261. The number of fused-ring (bicyclic) bond motifs is 1. The Morgan fingerprint density at radius 3 is 2.82 bits per heavy atom. The topological polar surface area (TPSA) is 50.2 Å². The molecule has 0 aliphatic heterocycles. The number of aliphatic hydroxyl groups is 1. The lowest BCUT2D eigenvalue weighted by Crippen LogP contribution is -2.08. The van der Waals surface area contributed by atoms with Gasteiger partial charge < -0.3 is 5.11 Å². The number of rotatable bonds is 1. The van der Waals surface area contributed by atoms with E-state index in [2.05, 4.69) is 4.98 Å². The number of aliphatic hydroxyl groups excluding tert-OH is 1. The summed E-state index contributed by atoms with van der Waals surface area (Å²) in [7, 11) is 0. The van der Waals surface area contributed by atoms with Crippen LogP contribution < -0.4 is 0 Å². The van der Waals surface area contributed by atoms with Crippen molar-refractivity contribution in [3.8, 4) is 0 Å². The Labute approximate surface area is 105 Å². The lowest BCUT2D eigenvalue weighted by atomic mass is 9.93. The van der Waals surface area contributed by atoms with E-state index in [1.54, 1.807) is 0 Å². The number of hydrogen-bond acceptors (Lipinski definition) is 4. The number of thiazole rings is 1. The normalized spacial score (nSPS) is 22.8. The first kappa shape index (κ1) is 11.4. The molecule has 1 fully saturated rings. The van der Waals surface area contributed by atoms with Crippen LogP contribution in [0.15, 0.2) is 0 Å². The van der Waals surface area contributed by atoms with Gasteiger partial charge in [-0.15, -0.1) is 11.3 Å². The lowest BCUT2D eigenvalue weighted by Gasteiger charge is -2.11. The smallest absolute Gasteiger partial charge is 0.175 e. The molecule has 2 aliphatic rings. The number of carbonyl (C=O) groups is 1. The van der Waals surface area contributed by atoms with Crippen LogP contribution in [0.25, 0.3) is 0 Å². The molecule has 1 spiro atoms. The zero-order chi connectivity index (χ0) is 11.9. The molecule has 1 aromatic rings. The molecule has 0 bridgehead atoms. The van der Waals surface area contributed by atoms with Crippen LogP contribution in [0.3, 0.4) is 0 Å². The minimum absolute atomic E-state index is 0.0455. The first-order valence-electron chi connectivity index (χ1n) is 6.35. The van der Waals surface area contributed by atoms with Crippen molar-refractivity contribution < 1.29 is 9.90 Å². The molecule has 3 nitrogen and oxygen atoms in total. The number of aryl methyl sites for hydroxylation is 1. The van der Waals surface area contributed by atoms with Gasteiger partial charge in [0.25, 0.3) is 0 Å². The van der Waals surface area contributed by atoms with Gasteiger partial charge in [-0.25, -0.2) is 4.98 Å². The van der Waals surface area contributed by atoms with Crippen LogP contribution in [0, 0.1) is 5.41 Å². The highest BCUT2D eigenvalue weighted by Crippen LogP contribution is 2.54. The molecular formula is C13H17NO2S. The third-order valence-electron chi connectivity index (χ3n) is 3.99. The fraction of sp³-hybridized carbons (Fsp3) is 0.692. The SMILES string of the molecule is O=C1CC2(CCCCc3nc(CO)sc31)CC2. The monoisotopic (exact) mass is 251 g/mol. The molecule has 92 valence electrons. The zero-order valence-corrected chi connectivity index (χ0v) is 10.7. The summed E-state index contributed by atoms with van der Waals surface area (Å²) in [5, 5.41) is 9.81. The molecule has 1 heterocycles. The molecule has 0 saturated heterocycles. The summed E-state index contributed by atoms with van der Waals surface area (Å²) >= 11 is 1.39. The largest absolute Gasteiger partial charge is 0.389 e. The first-order chi connectivity index (χ1) is 8.22. The van der Waals surface area contributed by atoms with Crippen LogP contribution in [0.1, 0.15) is 58.9 Å². The first-order valence-corrected chi connectivity index (χ1v) is 7.17. The molecule has 0 atom stereocenters.